The fourth-order valence-corrected chi connectivity index (χ4v) is 2.32. The number of fused-ring (bicyclic) bond motifs is 1. The second-order valence-corrected chi connectivity index (χ2v) is 6.09. The summed E-state index contributed by atoms with van der Waals surface area (Å²) in [5.74, 6) is 0.548. The van der Waals surface area contributed by atoms with E-state index in [2.05, 4.69) is 5.32 Å². The summed E-state index contributed by atoms with van der Waals surface area (Å²) in [6.07, 6.45) is 0. The van der Waals surface area contributed by atoms with Crippen LogP contribution in [-0.2, 0) is 26.8 Å². The van der Waals surface area contributed by atoms with Gasteiger partial charge in [-0.2, -0.15) is 0 Å². The summed E-state index contributed by atoms with van der Waals surface area (Å²) in [4.78, 5) is 10.8. The molecule has 1 heterocycles. The molecule has 1 aromatic carbocycles. The molecule has 0 amide bonds. The molecule has 9 nitrogen and oxygen atoms in total. The van der Waals surface area contributed by atoms with Gasteiger partial charge in [-0.05, 0) is 0 Å². The molecular formula is C15H19N2NaO7S2. The molecule has 1 aromatic rings. The molecule has 144 valence electrons. The van der Waals surface area contributed by atoms with E-state index >= 15 is 0 Å². The molecule has 0 saturated heterocycles. The number of hydrogen-bond acceptors (Lipinski definition) is 9. The number of nitrogens with one attached hydrogen (secondary N) is 1. The first-order valence-corrected chi connectivity index (χ1v) is 8.69. The molecule has 12 heteroatoms. The van der Waals surface area contributed by atoms with Crippen LogP contribution in [0.3, 0.4) is 0 Å². The van der Waals surface area contributed by atoms with Crippen LogP contribution in [0, 0.1) is 10.1 Å². The number of hydrogen-bond donors (Lipinski definition) is 1. The van der Waals surface area contributed by atoms with E-state index in [4.69, 9.17) is 48.5 Å². The molecule has 0 atom stereocenters. The van der Waals surface area contributed by atoms with Crippen molar-refractivity contribution in [1.82, 2.24) is 0 Å². The molecule has 2 rings (SSSR count). The Labute approximate surface area is 189 Å². The van der Waals surface area contributed by atoms with Crippen molar-refractivity contribution in [2.75, 3.05) is 58.2 Å². The van der Waals surface area contributed by atoms with Crippen molar-refractivity contribution >= 4 is 40.5 Å². The molecule has 1 aliphatic heterocycles. The number of rotatable bonds is 2. The van der Waals surface area contributed by atoms with Gasteiger partial charge in [-0.25, -0.2) is 0 Å². The van der Waals surface area contributed by atoms with Crippen LogP contribution in [0.15, 0.2) is 12.1 Å². The summed E-state index contributed by atoms with van der Waals surface area (Å²) in [7, 11) is 0. The third kappa shape index (κ3) is 8.83. The Balaban J connectivity index is 0.00000364. The van der Waals surface area contributed by atoms with Crippen LogP contribution < -0.4 is 44.3 Å². The zero-order valence-electron chi connectivity index (χ0n) is 14.9. The summed E-state index contributed by atoms with van der Waals surface area (Å²) in [5, 5.41) is 13.9. The Hall–Kier alpha value is -0.790. The molecular weight excluding hydrogens is 407 g/mol. The first-order chi connectivity index (χ1) is 12.6. The molecule has 1 N–H and O–H groups in total. The third-order valence-electron chi connectivity index (χ3n) is 3.21. The van der Waals surface area contributed by atoms with Crippen LogP contribution in [0.25, 0.3) is 0 Å². The van der Waals surface area contributed by atoms with E-state index < -0.39 is 4.92 Å². The number of nitro groups is 1. The molecule has 0 aromatic heterocycles. The zero-order valence-corrected chi connectivity index (χ0v) is 18.6. The van der Waals surface area contributed by atoms with Crippen LogP contribution >= 0.6 is 12.2 Å². The van der Waals surface area contributed by atoms with Gasteiger partial charge in [0.05, 0.1) is 50.6 Å². The minimum absolute atomic E-state index is 0. The summed E-state index contributed by atoms with van der Waals surface area (Å²) in [5.41, 5.74) is -0.0798. The van der Waals surface area contributed by atoms with Gasteiger partial charge < -0.3 is 53.8 Å². The van der Waals surface area contributed by atoms with Crippen molar-refractivity contribution in [3.8, 4) is 11.5 Å². The van der Waals surface area contributed by atoms with Gasteiger partial charge in [-0.15, -0.1) is 0 Å². The fourth-order valence-electron chi connectivity index (χ4n) is 2.10. The molecule has 27 heavy (non-hydrogen) atoms. The van der Waals surface area contributed by atoms with Gasteiger partial charge in [0.2, 0.25) is 0 Å². The Morgan fingerprint density at radius 3 is 1.85 bits per heavy atom. The van der Waals surface area contributed by atoms with Crippen LogP contribution in [0.5, 0.6) is 11.5 Å². The first kappa shape index (κ1) is 24.2. The minimum Gasteiger partial charge on any atom is -0.487 e. The Morgan fingerprint density at radius 2 is 1.41 bits per heavy atom. The normalized spacial score (nSPS) is 16.1. The molecule has 1 aliphatic rings. The number of thiocarbonyl (C=S) groups is 1. The van der Waals surface area contributed by atoms with Gasteiger partial charge in [0.1, 0.15) is 18.9 Å². The van der Waals surface area contributed by atoms with Crippen LogP contribution in [0.4, 0.5) is 11.4 Å². The minimum atomic E-state index is -0.550. The maximum absolute atomic E-state index is 11.3. The van der Waals surface area contributed by atoms with Crippen molar-refractivity contribution < 1.29 is 58.2 Å². The average Bonchev–Trinajstić information content (AvgIpc) is 2.59. The predicted octanol–water partition coefficient (Wildman–Crippen LogP) is -1.34. The second kappa shape index (κ2) is 13.4. The molecule has 0 bridgehead atoms. The van der Waals surface area contributed by atoms with Crippen LogP contribution in [0.2, 0.25) is 0 Å². The summed E-state index contributed by atoms with van der Waals surface area (Å²) < 4.78 is 27.3. The van der Waals surface area contributed by atoms with E-state index in [0.29, 0.717) is 45.4 Å². The topological polar surface area (TPSA) is 101 Å². The maximum Gasteiger partial charge on any atom is 1.00 e. The number of anilines is 1. The number of nitro benzene ring substituents is 1. The standard InChI is InChI=1S/C15H20N2O7S2.Na/c18-17(19)12-10-14-13(9-11(12)16-15(25)26)23-7-5-21-3-1-20-2-4-22-6-8-24-14;/h9-10H,1-8H2,(H2,16,25,26);/q;+1/p-1. The van der Waals surface area contributed by atoms with E-state index in [-0.39, 0.29) is 64.2 Å². The number of benzene rings is 1. The Bertz CT molecular complexity index is 636. The largest absolute Gasteiger partial charge is 1.00 e. The molecule has 0 unspecified atom stereocenters. The van der Waals surface area contributed by atoms with Crippen LogP contribution in [-0.4, -0.2) is 62.1 Å². The second-order valence-electron chi connectivity index (χ2n) is 5.02. The van der Waals surface area contributed by atoms with Gasteiger partial charge in [-0.1, -0.05) is 4.32 Å². The van der Waals surface area contributed by atoms with Crippen molar-refractivity contribution in [2.24, 2.45) is 0 Å². The molecule has 0 radical (unpaired) electrons. The molecule has 0 saturated carbocycles. The van der Waals surface area contributed by atoms with E-state index in [0.717, 1.165) is 0 Å². The first-order valence-electron chi connectivity index (χ1n) is 7.87. The number of nitrogens with zero attached hydrogens (tertiary/aromatic N) is 1. The third-order valence-corrected chi connectivity index (χ3v) is 3.41. The fraction of sp³-hybridized carbons (Fsp3) is 0.533. The molecule has 0 spiro atoms. The molecule has 0 fully saturated rings. The zero-order chi connectivity index (χ0) is 18.8. The average molecular weight is 426 g/mol. The summed E-state index contributed by atoms with van der Waals surface area (Å²) >= 11 is 9.60. The van der Waals surface area contributed by atoms with Gasteiger partial charge >= 0.3 is 29.6 Å². The predicted molar refractivity (Wildman–Crippen MR) is 100 cm³/mol. The Morgan fingerprint density at radius 1 is 0.963 bits per heavy atom. The SMILES string of the molecule is O=[N+]([O-])c1cc2c(cc1NC(=S)[S-])OCCOCCOCCOCCO2.[Na+]. The summed E-state index contributed by atoms with van der Waals surface area (Å²) in [6, 6.07) is 2.71. The summed E-state index contributed by atoms with van der Waals surface area (Å²) in [6.45, 7) is 2.86. The van der Waals surface area contributed by atoms with Crippen LogP contribution in [0.1, 0.15) is 0 Å². The number of ether oxygens (including phenoxy) is 5. The van der Waals surface area contributed by atoms with Gasteiger partial charge in [0, 0.05) is 6.07 Å². The van der Waals surface area contributed by atoms with Crippen molar-refractivity contribution in [1.29, 1.82) is 0 Å². The van der Waals surface area contributed by atoms with E-state index in [1.54, 1.807) is 0 Å². The van der Waals surface area contributed by atoms with Crippen molar-refractivity contribution in [2.45, 2.75) is 0 Å². The van der Waals surface area contributed by atoms with Crippen molar-refractivity contribution in [3.63, 3.8) is 0 Å². The van der Waals surface area contributed by atoms with Crippen molar-refractivity contribution in [3.05, 3.63) is 22.2 Å². The van der Waals surface area contributed by atoms with Gasteiger partial charge in [0.25, 0.3) is 5.69 Å². The van der Waals surface area contributed by atoms with E-state index in [1.165, 1.54) is 12.1 Å². The monoisotopic (exact) mass is 426 g/mol. The van der Waals surface area contributed by atoms with E-state index in [9.17, 15) is 10.1 Å². The van der Waals surface area contributed by atoms with Gasteiger partial charge in [0.15, 0.2) is 11.5 Å². The van der Waals surface area contributed by atoms with E-state index in [1.807, 2.05) is 0 Å². The van der Waals surface area contributed by atoms with Gasteiger partial charge in [-0.3, -0.25) is 10.1 Å². The smallest absolute Gasteiger partial charge is 0.487 e. The Kier molecular flexibility index (Phi) is 12.0. The molecule has 0 aliphatic carbocycles. The quantitative estimate of drug-likeness (QED) is 0.201. The maximum atomic E-state index is 11.3.